The smallest absolute Gasteiger partial charge is 0.179 e. The summed E-state index contributed by atoms with van der Waals surface area (Å²) in [6.45, 7) is 2.70. The van der Waals surface area contributed by atoms with Crippen LogP contribution in [0.4, 0.5) is 0 Å². The van der Waals surface area contributed by atoms with Crippen molar-refractivity contribution in [3.05, 3.63) is 46.9 Å². The summed E-state index contributed by atoms with van der Waals surface area (Å²) in [5.41, 5.74) is 1.02. The molecule has 1 heterocycles. The highest BCUT2D eigenvalue weighted by atomic mass is 35.5. The summed E-state index contributed by atoms with van der Waals surface area (Å²) in [5.74, 6) is 2.08. The first kappa shape index (κ1) is 14.8. The zero-order valence-electron chi connectivity index (χ0n) is 11.8. The van der Waals surface area contributed by atoms with E-state index in [9.17, 15) is 0 Å². The van der Waals surface area contributed by atoms with E-state index in [2.05, 4.69) is 5.32 Å². The van der Waals surface area contributed by atoms with Crippen LogP contribution in [0.5, 0.6) is 11.5 Å². The first-order valence-electron chi connectivity index (χ1n) is 6.33. The molecule has 0 fully saturated rings. The molecule has 1 aromatic carbocycles. The fourth-order valence-corrected chi connectivity index (χ4v) is 2.29. The van der Waals surface area contributed by atoms with Gasteiger partial charge < -0.3 is 19.2 Å². The van der Waals surface area contributed by atoms with Crippen LogP contribution in [0.1, 0.15) is 24.3 Å². The molecule has 4 nitrogen and oxygen atoms in total. The number of methoxy groups -OCH3 is 2. The highest BCUT2D eigenvalue weighted by molar-refractivity contribution is 6.32. The molecule has 0 spiro atoms. The predicted molar refractivity (Wildman–Crippen MR) is 78.5 cm³/mol. The van der Waals surface area contributed by atoms with E-state index in [0.717, 1.165) is 11.3 Å². The molecule has 0 saturated carbocycles. The Labute approximate surface area is 123 Å². The molecule has 0 saturated heterocycles. The average Bonchev–Trinajstić information content (AvgIpc) is 2.98. The second kappa shape index (κ2) is 6.68. The van der Waals surface area contributed by atoms with Crippen molar-refractivity contribution in [2.45, 2.75) is 19.5 Å². The largest absolute Gasteiger partial charge is 0.493 e. The quantitative estimate of drug-likeness (QED) is 0.880. The standard InChI is InChI=1S/C15H18ClNO3/c1-10(13-5-4-6-20-13)17-9-11-7-12(16)15(19-3)14(8-11)18-2/h4-8,10,17H,9H2,1-3H3/t10-/m1/s1. The van der Waals surface area contributed by atoms with Crippen LogP contribution in [0.2, 0.25) is 5.02 Å². The van der Waals surface area contributed by atoms with Crippen LogP contribution in [0, 0.1) is 0 Å². The van der Waals surface area contributed by atoms with Crippen LogP contribution < -0.4 is 14.8 Å². The summed E-state index contributed by atoms with van der Waals surface area (Å²) in [7, 11) is 3.16. The molecule has 2 aromatic rings. The maximum absolute atomic E-state index is 6.18. The molecule has 0 bridgehead atoms. The third-order valence-corrected chi connectivity index (χ3v) is 3.36. The van der Waals surface area contributed by atoms with Crippen LogP contribution in [0.25, 0.3) is 0 Å². The van der Waals surface area contributed by atoms with Gasteiger partial charge in [0.2, 0.25) is 0 Å². The Morgan fingerprint density at radius 1 is 1.30 bits per heavy atom. The summed E-state index contributed by atoms with van der Waals surface area (Å²) in [5, 5.41) is 3.90. The van der Waals surface area contributed by atoms with Crippen molar-refractivity contribution in [1.82, 2.24) is 5.32 Å². The van der Waals surface area contributed by atoms with Gasteiger partial charge in [0, 0.05) is 6.54 Å². The maximum Gasteiger partial charge on any atom is 0.179 e. The Bertz CT molecular complexity index is 554. The lowest BCUT2D eigenvalue weighted by Gasteiger charge is -2.14. The summed E-state index contributed by atoms with van der Waals surface area (Å²) in [6.07, 6.45) is 1.67. The molecule has 0 unspecified atom stereocenters. The van der Waals surface area contributed by atoms with E-state index >= 15 is 0 Å². The normalized spacial score (nSPS) is 12.2. The zero-order chi connectivity index (χ0) is 14.5. The van der Waals surface area contributed by atoms with Crippen molar-refractivity contribution in [2.75, 3.05) is 14.2 Å². The second-order valence-electron chi connectivity index (χ2n) is 4.43. The van der Waals surface area contributed by atoms with Crippen molar-refractivity contribution < 1.29 is 13.9 Å². The Balaban J connectivity index is 2.08. The van der Waals surface area contributed by atoms with Gasteiger partial charge in [0.05, 0.1) is 31.5 Å². The molecular formula is C15H18ClNO3. The minimum absolute atomic E-state index is 0.122. The van der Waals surface area contributed by atoms with Crippen molar-refractivity contribution in [3.63, 3.8) is 0 Å². The Kier molecular flexibility index (Phi) is 4.93. The van der Waals surface area contributed by atoms with Gasteiger partial charge in [0.25, 0.3) is 0 Å². The van der Waals surface area contributed by atoms with E-state index in [4.69, 9.17) is 25.5 Å². The summed E-state index contributed by atoms with van der Waals surface area (Å²) in [4.78, 5) is 0. The molecule has 108 valence electrons. The highest BCUT2D eigenvalue weighted by Crippen LogP contribution is 2.36. The van der Waals surface area contributed by atoms with Gasteiger partial charge in [-0.15, -0.1) is 0 Å². The third kappa shape index (κ3) is 3.26. The van der Waals surface area contributed by atoms with Crippen molar-refractivity contribution in [2.24, 2.45) is 0 Å². The molecule has 2 rings (SSSR count). The number of nitrogens with one attached hydrogen (secondary N) is 1. The van der Waals surface area contributed by atoms with Gasteiger partial charge in [-0.1, -0.05) is 11.6 Å². The average molecular weight is 296 g/mol. The van der Waals surface area contributed by atoms with E-state index in [1.165, 1.54) is 0 Å². The topological polar surface area (TPSA) is 43.6 Å². The highest BCUT2D eigenvalue weighted by Gasteiger charge is 2.12. The van der Waals surface area contributed by atoms with Crippen LogP contribution in [0.15, 0.2) is 34.9 Å². The second-order valence-corrected chi connectivity index (χ2v) is 4.84. The van der Waals surface area contributed by atoms with Gasteiger partial charge in [-0.25, -0.2) is 0 Å². The fraction of sp³-hybridized carbons (Fsp3) is 0.333. The number of halogens is 1. The Morgan fingerprint density at radius 2 is 2.10 bits per heavy atom. The van der Waals surface area contributed by atoms with Crippen LogP contribution in [-0.2, 0) is 6.54 Å². The molecule has 1 atom stereocenters. The number of rotatable bonds is 6. The third-order valence-electron chi connectivity index (χ3n) is 3.08. The summed E-state index contributed by atoms with van der Waals surface area (Å²) < 4.78 is 15.9. The van der Waals surface area contributed by atoms with Crippen molar-refractivity contribution in [3.8, 4) is 11.5 Å². The molecule has 1 aromatic heterocycles. The van der Waals surface area contributed by atoms with Crippen molar-refractivity contribution in [1.29, 1.82) is 0 Å². The molecule has 0 amide bonds. The Morgan fingerprint density at radius 3 is 2.70 bits per heavy atom. The SMILES string of the molecule is COc1cc(CN[C@H](C)c2ccco2)cc(Cl)c1OC. The maximum atomic E-state index is 6.18. The molecule has 0 aliphatic rings. The van der Waals surface area contributed by atoms with Gasteiger partial charge in [-0.3, -0.25) is 0 Å². The number of hydrogen-bond acceptors (Lipinski definition) is 4. The van der Waals surface area contributed by atoms with E-state index in [-0.39, 0.29) is 6.04 Å². The van der Waals surface area contributed by atoms with E-state index in [1.54, 1.807) is 20.5 Å². The molecule has 1 N–H and O–H groups in total. The van der Waals surface area contributed by atoms with Crippen LogP contribution in [0.3, 0.4) is 0 Å². The number of furan rings is 1. The molecule has 0 aliphatic carbocycles. The van der Waals surface area contributed by atoms with E-state index < -0.39 is 0 Å². The molecular weight excluding hydrogens is 278 g/mol. The van der Waals surface area contributed by atoms with Crippen molar-refractivity contribution >= 4 is 11.6 Å². The number of benzene rings is 1. The molecule has 5 heteroatoms. The zero-order valence-corrected chi connectivity index (χ0v) is 12.5. The molecule has 20 heavy (non-hydrogen) atoms. The van der Waals surface area contributed by atoms with Gasteiger partial charge in [0.1, 0.15) is 5.76 Å². The lowest BCUT2D eigenvalue weighted by atomic mass is 10.1. The van der Waals surface area contributed by atoms with Gasteiger partial charge >= 0.3 is 0 Å². The van der Waals surface area contributed by atoms with Gasteiger partial charge in [-0.05, 0) is 36.8 Å². The number of hydrogen-bond donors (Lipinski definition) is 1. The number of ether oxygens (including phenoxy) is 2. The van der Waals surface area contributed by atoms with Gasteiger partial charge in [0.15, 0.2) is 11.5 Å². The lowest BCUT2D eigenvalue weighted by Crippen LogP contribution is -2.17. The summed E-state index contributed by atoms with van der Waals surface area (Å²) in [6, 6.07) is 7.72. The van der Waals surface area contributed by atoms with Crippen LogP contribution >= 0.6 is 11.6 Å². The first-order valence-corrected chi connectivity index (χ1v) is 6.70. The molecule has 0 radical (unpaired) electrons. The van der Waals surface area contributed by atoms with E-state index in [0.29, 0.717) is 23.1 Å². The first-order chi connectivity index (χ1) is 9.65. The minimum Gasteiger partial charge on any atom is -0.493 e. The fourth-order valence-electron chi connectivity index (χ4n) is 1.98. The Hall–Kier alpha value is -1.65. The van der Waals surface area contributed by atoms with Crippen LogP contribution in [-0.4, -0.2) is 14.2 Å². The summed E-state index contributed by atoms with van der Waals surface area (Å²) >= 11 is 6.18. The lowest BCUT2D eigenvalue weighted by molar-refractivity contribution is 0.354. The monoisotopic (exact) mass is 295 g/mol. The van der Waals surface area contributed by atoms with E-state index in [1.807, 2.05) is 31.2 Å². The molecule has 0 aliphatic heterocycles. The van der Waals surface area contributed by atoms with Gasteiger partial charge in [-0.2, -0.15) is 0 Å². The predicted octanol–water partition coefficient (Wildman–Crippen LogP) is 3.80. The minimum atomic E-state index is 0.122.